The van der Waals surface area contributed by atoms with E-state index in [1.54, 1.807) is 13.8 Å². The van der Waals surface area contributed by atoms with Crippen LogP contribution in [0.15, 0.2) is 11.6 Å². The molecule has 0 aromatic heterocycles. The second-order valence-corrected chi connectivity index (χ2v) is 14.8. The van der Waals surface area contributed by atoms with Gasteiger partial charge in [-0.2, -0.15) is 0 Å². The topological polar surface area (TPSA) is 66.8 Å². The van der Waals surface area contributed by atoms with Gasteiger partial charge < -0.3 is 14.9 Å². The molecule has 9 atom stereocenters. The number of carbonyl (C=O) groups excluding carboxylic acids is 1. The van der Waals surface area contributed by atoms with Gasteiger partial charge in [-0.05, 0) is 117 Å². The van der Waals surface area contributed by atoms with Gasteiger partial charge in [-0.3, -0.25) is 0 Å². The van der Waals surface area contributed by atoms with Crippen molar-refractivity contribution in [3.63, 3.8) is 0 Å². The van der Waals surface area contributed by atoms with Crippen molar-refractivity contribution in [1.29, 1.82) is 0 Å². The van der Waals surface area contributed by atoms with Gasteiger partial charge in [0.25, 0.3) is 0 Å². The molecular formula is C30H48O4. The molecular weight excluding hydrogens is 424 g/mol. The normalized spacial score (nSPS) is 50.1. The van der Waals surface area contributed by atoms with Crippen LogP contribution < -0.4 is 0 Å². The SMILES string of the molecule is CC(C)(O)C[C@@H]1C=C([C@H]2CC[C@]3(C)C2CCC2[C@@]4(C)CC[C@H](O)C(C)(C)C4CC[C@]23C)C(=O)O1. The molecule has 4 nitrogen and oxygen atoms in total. The minimum Gasteiger partial charge on any atom is -0.455 e. The molecule has 4 saturated carbocycles. The first-order chi connectivity index (χ1) is 15.6. The second-order valence-electron chi connectivity index (χ2n) is 14.8. The van der Waals surface area contributed by atoms with Crippen LogP contribution in [0.4, 0.5) is 0 Å². The molecule has 0 bridgehead atoms. The molecule has 4 heteroatoms. The third-order valence-electron chi connectivity index (χ3n) is 12.3. The summed E-state index contributed by atoms with van der Waals surface area (Å²) in [5.74, 6) is 1.93. The number of ether oxygens (including phenoxy) is 1. The summed E-state index contributed by atoms with van der Waals surface area (Å²) in [4.78, 5) is 12.9. The van der Waals surface area contributed by atoms with Crippen LogP contribution in [0.5, 0.6) is 0 Å². The van der Waals surface area contributed by atoms with Gasteiger partial charge in [0.15, 0.2) is 0 Å². The average Bonchev–Trinajstić information content (AvgIpc) is 3.23. The molecule has 3 unspecified atom stereocenters. The standard InChI is InChI=1S/C30H48O4/c1-26(2,33)17-18-16-20(25(32)34-18)19-10-14-29(6)21(19)8-9-23-28(5)13-12-24(31)27(3,4)22(28)11-15-30(23,29)7/h16,18-19,21-24,31,33H,8-15,17H2,1-7H3/t18-,19+,21?,22?,23?,24-,28-,29+,30+/m0/s1. The van der Waals surface area contributed by atoms with Crippen molar-refractivity contribution < 1.29 is 19.7 Å². The van der Waals surface area contributed by atoms with Crippen molar-refractivity contribution in [1.82, 2.24) is 0 Å². The molecule has 1 aliphatic heterocycles. The zero-order valence-electron chi connectivity index (χ0n) is 22.6. The Balaban J connectivity index is 1.44. The molecule has 4 aliphatic carbocycles. The maximum Gasteiger partial charge on any atom is 0.334 e. The number of hydrogen-bond donors (Lipinski definition) is 2. The van der Waals surface area contributed by atoms with E-state index in [1.165, 1.54) is 32.1 Å². The lowest BCUT2D eigenvalue weighted by Gasteiger charge is -2.69. The minimum absolute atomic E-state index is 0.0157. The van der Waals surface area contributed by atoms with E-state index in [0.29, 0.717) is 24.2 Å². The third kappa shape index (κ3) is 3.33. The van der Waals surface area contributed by atoms with Crippen molar-refractivity contribution in [2.24, 2.45) is 45.3 Å². The van der Waals surface area contributed by atoms with Gasteiger partial charge in [0.1, 0.15) is 6.10 Å². The van der Waals surface area contributed by atoms with Crippen LogP contribution in [-0.4, -0.2) is 34.0 Å². The van der Waals surface area contributed by atoms with Crippen LogP contribution in [0.2, 0.25) is 0 Å². The minimum atomic E-state index is -0.845. The summed E-state index contributed by atoms with van der Waals surface area (Å²) in [5.41, 5.74) is 0.811. The highest BCUT2D eigenvalue weighted by molar-refractivity contribution is 5.91. The number of hydrogen-bond acceptors (Lipinski definition) is 4. The fourth-order valence-electron chi connectivity index (χ4n) is 10.5. The largest absolute Gasteiger partial charge is 0.455 e. The van der Waals surface area contributed by atoms with Crippen LogP contribution in [0.1, 0.15) is 106 Å². The summed E-state index contributed by atoms with van der Waals surface area (Å²) in [6.45, 7) is 15.9. The Labute approximate surface area is 206 Å². The van der Waals surface area contributed by atoms with E-state index in [-0.39, 0.29) is 45.8 Å². The van der Waals surface area contributed by atoms with Crippen LogP contribution in [0.3, 0.4) is 0 Å². The van der Waals surface area contributed by atoms with Gasteiger partial charge in [0.05, 0.1) is 11.7 Å². The number of cyclic esters (lactones) is 1. The van der Waals surface area contributed by atoms with E-state index >= 15 is 0 Å². The van der Waals surface area contributed by atoms with E-state index in [2.05, 4.69) is 34.6 Å². The van der Waals surface area contributed by atoms with E-state index < -0.39 is 5.60 Å². The Morgan fingerprint density at radius 2 is 1.62 bits per heavy atom. The van der Waals surface area contributed by atoms with Gasteiger partial charge in [-0.25, -0.2) is 4.79 Å². The van der Waals surface area contributed by atoms with Crippen molar-refractivity contribution in [2.45, 2.75) is 124 Å². The highest BCUT2D eigenvalue weighted by Crippen LogP contribution is 2.75. The summed E-state index contributed by atoms with van der Waals surface area (Å²) >= 11 is 0. The number of aliphatic hydroxyl groups is 2. The molecule has 192 valence electrons. The zero-order valence-corrected chi connectivity index (χ0v) is 22.6. The molecule has 4 fully saturated rings. The maximum absolute atomic E-state index is 12.9. The van der Waals surface area contributed by atoms with E-state index in [1.807, 2.05) is 6.08 Å². The molecule has 5 rings (SSSR count). The predicted molar refractivity (Wildman–Crippen MR) is 134 cm³/mol. The van der Waals surface area contributed by atoms with Crippen molar-refractivity contribution >= 4 is 5.97 Å². The van der Waals surface area contributed by atoms with Gasteiger partial charge in [0, 0.05) is 12.0 Å². The number of fused-ring (bicyclic) bond motifs is 5. The number of rotatable bonds is 3. The van der Waals surface area contributed by atoms with Crippen LogP contribution in [0.25, 0.3) is 0 Å². The fraction of sp³-hybridized carbons (Fsp3) is 0.900. The average molecular weight is 473 g/mol. The summed E-state index contributed by atoms with van der Waals surface area (Å²) in [6, 6.07) is 0. The lowest BCUT2D eigenvalue weighted by atomic mass is 9.35. The molecule has 0 radical (unpaired) electrons. The Kier molecular flexibility index (Phi) is 5.52. The summed E-state index contributed by atoms with van der Waals surface area (Å²) in [7, 11) is 0. The predicted octanol–water partition coefficient (Wildman–Crippen LogP) is 6.05. The monoisotopic (exact) mass is 472 g/mol. The highest BCUT2D eigenvalue weighted by atomic mass is 16.5. The van der Waals surface area contributed by atoms with Gasteiger partial charge in [-0.1, -0.05) is 34.6 Å². The molecule has 1 heterocycles. The Morgan fingerprint density at radius 3 is 2.29 bits per heavy atom. The van der Waals surface area contributed by atoms with E-state index in [0.717, 1.165) is 24.8 Å². The molecule has 2 N–H and O–H groups in total. The van der Waals surface area contributed by atoms with Gasteiger partial charge >= 0.3 is 5.97 Å². The highest BCUT2D eigenvalue weighted by Gasteiger charge is 2.68. The van der Waals surface area contributed by atoms with Gasteiger partial charge in [0.2, 0.25) is 0 Å². The van der Waals surface area contributed by atoms with Crippen molar-refractivity contribution in [3.05, 3.63) is 11.6 Å². The first-order valence-electron chi connectivity index (χ1n) is 14.0. The number of esters is 1. The van der Waals surface area contributed by atoms with Gasteiger partial charge in [-0.15, -0.1) is 0 Å². The molecule has 5 aliphatic rings. The molecule has 0 spiro atoms. The lowest BCUT2D eigenvalue weighted by molar-refractivity contribution is -0.220. The summed E-state index contributed by atoms with van der Waals surface area (Å²) in [5, 5.41) is 21.1. The summed E-state index contributed by atoms with van der Waals surface area (Å²) in [6.07, 6.45) is 11.2. The molecule has 0 amide bonds. The van der Waals surface area contributed by atoms with Crippen LogP contribution in [-0.2, 0) is 9.53 Å². The first-order valence-corrected chi connectivity index (χ1v) is 14.0. The van der Waals surface area contributed by atoms with Crippen molar-refractivity contribution in [3.8, 4) is 0 Å². The molecule has 0 aromatic rings. The number of aliphatic hydroxyl groups excluding tert-OH is 1. The number of carbonyl (C=O) groups is 1. The van der Waals surface area contributed by atoms with Crippen LogP contribution in [0, 0.1) is 45.3 Å². The van der Waals surface area contributed by atoms with E-state index in [4.69, 9.17) is 4.74 Å². The Hall–Kier alpha value is -0.870. The third-order valence-corrected chi connectivity index (χ3v) is 12.3. The first kappa shape index (κ1) is 24.8. The Bertz CT molecular complexity index is 883. The molecule has 34 heavy (non-hydrogen) atoms. The van der Waals surface area contributed by atoms with Crippen molar-refractivity contribution in [2.75, 3.05) is 0 Å². The lowest BCUT2D eigenvalue weighted by Crippen LogP contribution is -2.63. The van der Waals surface area contributed by atoms with Crippen LogP contribution >= 0.6 is 0 Å². The Morgan fingerprint density at radius 1 is 0.941 bits per heavy atom. The van der Waals surface area contributed by atoms with E-state index in [9.17, 15) is 15.0 Å². The second kappa shape index (κ2) is 7.57. The smallest absolute Gasteiger partial charge is 0.334 e. The molecule has 0 saturated heterocycles. The summed E-state index contributed by atoms with van der Waals surface area (Å²) < 4.78 is 5.71. The maximum atomic E-state index is 12.9. The molecule has 0 aromatic carbocycles. The fourth-order valence-corrected chi connectivity index (χ4v) is 10.5. The quantitative estimate of drug-likeness (QED) is 0.491. The zero-order chi connectivity index (χ0) is 24.9.